The number of nitrogens with zero attached hydrogens (tertiary/aromatic N) is 5. The summed E-state index contributed by atoms with van der Waals surface area (Å²) >= 11 is 1.38. The molecule has 0 amide bonds. The van der Waals surface area contributed by atoms with Gasteiger partial charge < -0.3 is 15.0 Å². The molecule has 0 aliphatic heterocycles. The fourth-order valence-electron chi connectivity index (χ4n) is 2.27. The number of hydrogen-bond acceptors (Lipinski definition) is 7. The zero-order valence-corrected chi connectivity index (χ0v) is 12.7. The van der Waals surface area contributed by atoms with Crippen LogP contribution in [0.3, 0.4) is 0 Å². The predicted octanol–water partition coefficient (Wildman–Crippen LogP) is 2.41. The molecule has 0 bridgehead atoms. The van der Waals surface area contributed by atoms with E-state index in [0.717, 1.165) is 10.3 Å². The molecule has 0 spiro atoms. The number of nitrogens with one attached hydrogen (secondary N) is 1. The number of thiazole rings is 1. The summed E-state index contributed by atoms with van der Waals surface area (Å²) in [7, 11) is 1.85. The lowest BCUT2D eigenvalue weighted by atomic mass is 10.2. The smallest absolute Gasteiger partial charge is 0.335 e. The molecule has 114 valence electrons. The minimum atomic E-state index is -0.976. The highest BCUT2D eigenvalue weighted by molar-refractivity contribution is 7.21. The lowest BCUT2D eigenvalue weighted by molar-refractivity contribution is 0.0697. The van der Waals surface area contributed by atoms with E-state index in [9.17, 15) is 4.79 Å². The number of carbonyl (C=O) groups is 1. The van der Waals surface area contributed by atoms with Crippen LogP contribution in [-0.4, -0.2) is 35.6 Å². The summed E-state index contributed by atoms with van der Waals surface area (Å²) in [6.07, 6.45) is 3.21. The van der Waals surface area contributed by atoms with E-state index in [-0.39, 0.29) is 5.56 Å². The van der Waals surface area contributed by atoms with Crippen LogP contribution in [0.2, 0.25) is 0 Å². The second-order valence-electron chi connectivity index (χ2n) is 4.83. The molecule has 2 N–H and O–H groups in total. The summed E-state index contributed by atoms with van der Waals surface area (Å²) in [6, 6.07) is 4.84. The van der Waals surface area contributed by atoms with Crippen LogP contribution in [0.1, 0.15) is 10.4 Å². The van der Waals surface area contributed by atoms with Gasteiger partial charge in [0.2, 0.25) is 5.95 Å². The highest BCUT2D eigenvalue weighted by Gasteiger charge is 2.13. The van der Waals surface area contributed by atoms with Gasteiger partial charge in [0, 0.05) is 19.4 Å². The standard InChI is InChI=1S/C14H10N6O2S/c1-20-9-3-2-7(12(21)22)6-8(9)17-13(20)19-14-18-10-11(23-14)16-5-4-15-10/h2-6H,1H3,(H,21,22)(H,15,17,18,19). The molecule has 3 aromatic heterocycles. The van der Waals surface area contributed by atoms with E-state index < -0.39 is 5.97 Å². The van der Waals surface area contributed by atoms with Crippen molar-refractivity contribution in [2.45, 2.75) is 0 Å². The van der Waals surface area contributed by atoms with Crippen molar-refractivity contribution in [3.05, 3.63) is 36.2 Å². The van der Waals surface area contributed by atoms with Crippen molar-refractivity contribution >= 4 is 49.9 Å². The molecule has 9 heteroatoms. The van der Waals surface area contributed by atoms with Gasteiger partial charge in [0.15, 0.2) is 15.6 Å². The Labute approximate surface area is 133 Å². The number of anilines is 2. The van der Waals surface area contributed by atoms with Gasteiger partial charge in [0.25, 0.3) is 0 Å². The van der Waals surface area contributed by atoms with E-state index in [1.165, 1.54) is 11.3 Å². The number of imidazole rings is 1. The highest BCUT2D eigenvalue weighted by atomic mass is 32.1. The molecule has 8 nitrogen and oxygen atoms in total. The zero-order valence-electron chi connectivity index (χ0n) is 11.9. The number of aromatic carboxylic acids is 1. The summed E-state index contributed by atoms with van der Waals surface area (Å²) in [5.41, 5.74) is 2.21. The molecule has 4 aromatic rings. The lowest BCUT2D eigenvalue weighted by Crippen LogP contribution is -1.98. The Morgan fingerprint density at radius 2 is 2.09 bits per heavy atom. The third-order valence-corrected chi connectivity index (χ3v) is 4.26. The predicted molar refractivity (Wildman–Crippen MR) is 86.2 cm³/mol. The van der Waals surface area contributed by atoms with Crippen LogP contribution in [-0.2, 0) is 7.05 Å². The van der Waals surface area contributed by atoms with Crippen molar-refractivity contribution in [3.8, 4) is 0 Å². The number of rotatable bonds is 3. The largest absolute Gasteiger partial charge is 0.478 e. The molecule has 0 atom stereocenters. The molecule has 23 heavy (non-hydrogen) atoms. The van der Waals surface area contributed by atoms with E-state index in [2.05, 4.69) is 25.3 Å². The van der Waals surface area contributed by atoms with Crippen LogP contribution in [0.4, 0.5) is 11.1 Å². The van der Waals surface area contributed by atoms with Gasteiger partial charge in [0.1, 0.15) is 0 Å². The highest BCUT2D eigenvalue weighted by Crippen LogP contribution is 2.27. The Bertz CT molecular complexity index is 1020. The Morgan fingerprint density at radius 3 is 2.87 bits per heavy atom. The van der Waals surface area contributed by atoms with Crippen molar-refractivity contribution < 1.29 is 9.90 Å². The van der Waals surface area contributed by atoms with Gasteiger partial charge in [-0.15, -0.1) is 0 Å². The molecule has 0 saturated heterocycles. The first kappa shape index (κ1) is 13.6. The number of aryl methyl sites for hydroxylation is 1. The molecular formula is C14H10N6O2S. The number of fused-ring (bicyclic) bond motifs is 2. The Hall–Kier alpha value is -3.07. The first-order valence-electron chi connectivity index (χ1n) is 6.66. The molecule has 0 aliphatic rings. The lowest BCUT2D eigenvalue weighted by Gasteiger charge is -2.01. The van der Waals surface area contributed by atoms with Crippen LogP contribution in [0.5, 0.6) is 0 Å². The molecule has 1 aromatic carbocycles. The summed E-state index contributed by atoms with van der Waals surface area (Å²) in [4.78, 5) is 28.9. The van der Waals surface area contributed by atoms with Gasteiger partial charge >= 0.3 is 5.97 Å². The van der Waals surface area contributed by atoms with E-state index in [1.807, 2.05) is 11.6 Å². The van der Waals surface area contributed by atoms with Crippen LogP contribution in [0.25, 0.3) is 21.5 Å². The third kappa shape index (κ3) is 2.27. The minimum Gasteiger partial charge on any atom is -0.478 e. The summed E-state index contributed by atoms with van der Waals surface area (Å²) in [5.74, 6) is -0.406. The first-order valence-corrected chi connectivity index (χ1v) is 7.48. The Kier molecular flexibility index (Phi) is 2.95. The van der Waals surface area contributed by atoms with E-state index in [1.54, 1.807) is 30.6 Å². The van der Waals surface area contributed by atoms with Gasteiger partial charge in [-0.25, -0.2) is 19.7 Å². The maximum atomic E-state index is 11.1. The van der Waals surface area contributed by atoms with Gasteiger partial charge in [-0.2, -0.15) is 4.98 Å². The van der Waals surface area contributed by atoms with E-state index in [4.69, 9.17) is 5.11 Å². The zero-order chi connectivity index (χ0) is 16.0. The molecular weight excluding hydrogens is 316 g/mol. The Balaban J connectivity index is 1.76. The topological polar surface area (TPSA) is 106 Å². The Morgan fingerprint density at radius 1 is 1.26 bits per heavy atom. The number of carboxylic acid groups (broad SMARTS) is 1. The number of aromatic nitrogens is 5. The molecule has 0 fully saturated rings. The third-order valence-electron chi connectivity index (χ3n) is 3.39. The average Bonchev–Trinajstić information content (AvgIpc) is 3.08. The van der Waals surface area contributed by atoms with Crippen LogP contribution < -0.4 is 5.32 Å². The second-order valence-corrected chi connectivity index (χ2v) is 5.81. The maximum absolute atomic E-state index is 11.1. The molecule has 0 saturated carbocycles. The minimum absolute atomic E-state index is 0.204. The van der Waals surface area contributed by atoms with Gasteiger partial charge in [-0.05, 0) is 18.2 Å². The van der Waals surface area contributed by atoms with Crippen molar-refractivity contribution in [3.63, 3.8) is 0 Å². The normalized spacial score (nSPS) is 11.2. The average molecular weight is 326 g/mol. The first-order chi connectivity index (χ1) is 11.1. The summed E-state index contributed by atoms with van der Waals surface area (Å²) in [5, 5.41) is 12.8. The molecule has 4 rings (SSSR count). The quantitative estimate of drug-likeness (QED) is 0.595. The maximum Gasteiger partial charge on any atom is 0.335 e. The second kappa shape index (κ2) is 4.99. The van der Waals surface area contributed by atoms with Gasteiger partial charge in [-0.3, -0.25) is 0 Å². The molecule has 3 heterocycles. The summed E-state index contributed by atoms with van der Waals surface area (Å²) < 4.78 is 1.84. The molecule has 0 unspecified atom stereocenters. The van der Waals surface area contributed by atoms with Crippen molar-refractivity contribution in [2.75, 3.05) is 5.32 Å². The van der Waals surface area contributed by atoms with Crippen molar-refractivity contribution in [1.82, 2.24) is 24.5 Å². The van der Waals surface area contributed by atoms with E-state index >= 15 is 0 Å². The summed E-state index contributed by atoms with van der Waals surface area (Å²) in [6.45, 7) is 0. The van der Waals surface area contributed by atoms with E-state index in [0.29, 0.717) is 22.2 Å². The SMILES string of the molecule is Cn1c(Nc2nc3nccnc3s2)nc2cc(C(=O)O)ccc21. The van der Waals surface area contributed by atoms with Gasteiger partial charge in [-0.1, -0.05) is 11.3 Å². The number of hydrogen-bond donors (Lipinski definition) is 2. The number of carboxylic acids is 1. The van der Waals surface area contributed by atoms with Crippen molar-refractivity contribution in [2.24, 2.45) is 7.05 Å². The van der Waals surface area contributed by atoms with Gasteiger partial charge in [0.05, 0.1) is 16.6 Å². The van der Waals surface area contributed by atoms with Crippen LogP contribution in [0.15, 0.2) is 30.6 Å². The molecule has 0 radical (unpaired) electrons. The molecule has 0 aliphatic carbocycles. The van der Waals surface area contributed by atoms with Crippen LogP contribution >= 0.6 is 11.3 Å². The fourth-order valence-corrected chi connectivity index (χ4v) is 3.03. The van der Waals surface area contributed by atoms with Crippen LogP contribution in [0, 0.1) is 0 Å². The van der Waals surface area contributed by atoms with Crippen molar-refractivity contribution in [1.29, 1.82) is 0 Å². The monoisotopic (exact) mass is 326 g/mol. The fraction of sp³-hybridized carbons (Fsp3) is 0.0714. The number of benzene rings is 1.